The van der Waals surface area contributed by atoms with Crippen LogP contribution < -0.4 is 5.32 Å². The maximum Gasteiger partial charge on any atom is 0.146 e. The first-order valence-corrected chi connectivity index (χ1v) is 6.10. The predicted octanol–water partition coefficient (Wildman–Crippen LogP) is 2.38. The van der Waals surface area contributed by atoms with Crippen molar-refractivity contribution >= 4 is 11.6 Å². The van der Waals surface area contributed by atoms with E-state index in [4.69, 9.17) is 11.6 Å². The summed E-state index contributed by atoms with van der Waals surface area (Å²) >= 11 is 5.98. The molecular weight excluding hydrogens is 255 g/mol. The van der Waals surface area contributed by atoms with Crippen LogP contribution in [0.25, 0.3) is 0 Å². The maximum absolute atomic E-state index is 13.1. The lowest BCUT2D eigenvalue weighted by molar-refractivity contribution is 0.602. The molecule has 18 heavy (non-hydrogen) atoms. The number of aryl methyl sites for hydroxylation is 1. The van der Waals surface area contributed by atoms with Gasteiger partial charge in [-0.3, -0.25) is 0 Å². The normalized spacial score (nSPS) is 10.8. The lowest BCUT2D eigenvalue weighted by Gasteiger charge is -2.07. The van der Waals surface area contributed by atoms with Gasteiger partial charge in [0.2, 0.25) is 0 Å². The molecule has 0 saturated heterocycles. The average molecular weight is 269 g/mol. The van der Waals surface area contributed by atoms with Crippen molar-refractivity contribution in [2.75, 3.05) is 0 Å². The van der Waals surface area contributed by atoms with Crippen molar-refractivity contribution in [1.29, 1.82) is 0 Å². The van der Waals surface area contributed by atoms with Crippen molar-refractivity contribution in [1.82, 2.24) is 20.1 Å². The van der Waals surface area contributed by atoms with E-state index >= 15 is 0 Å². The van der Waals surface area contributed by atoms with Gasteiger partial charge >= 0.3 is 0 Å². The minimum Gasteiger partial charge on any atom is -0.317 e. The highest BCUT2D eigenvalue weighted by Gasteiger charge is 2.04. The number of hydrogen-bond donors (Lipinski definition) is 1. The molecule has 1 N–H and O–H groups in total. The highest BCUT2D eigenvalue weighted by Crippen LogP contribution is 2.16. The minimum absolute atomic E-state index is 0.284. The van der Waals surface area contributed by atoms with E-state index in [2.05, 4.69) is 15.5 Å². The van der Waals surface area contributed by atoms with Crippen LogP contribution in [0.1, 0.15) is 18.3 Å². The van der Waals surface area contributed by atoms with E-state index in [1.165, 1.54) is 12.1 Å². The van der Waals surface area contributed by atoms with Crippen molar-refractivity contribution in [3.05, 3.63) is 46.8 Å². The van der Waals surface area contributed by atoms with Crippen molar-refractivity contribution in [3.8, 4) is 0 Å². The van der Waals surface area contributed by atoms with E-state index in [0.29, 0.717) is 18.1 Å². The van der Waals surface area contributed by atoms with E-state index in [1.807, 2.05) is 11.5 Å². The first-order valence-electron chi connectivity index (χ1n) is 5.72. The Morgan fingerprint density at radius 3 is 3.00 bits per heavy atom. The maximum atomic E-state index is 13.1. The van der Waals surface area contributed by atoms with Crippen LogP contribution in [-0.2, 0) is 19.6 Å². The minimum atomic E-state index is -0.284. The van der Waals surface area contributed by atoms with Gasteiger partial charge in [-0.05, 0) is 30.7 Å². The summed E-state index contributed by atoms with van der Waals surface area (Å²) in [7, 11) is 0. The van der Waals surface area contributed by atoms with E-state index in [-0.39, 0.29) is 5.82 Å². The third-order valence-corrected chi connectivity index (χ3v) is 3.01. The molecule has 6 heteroatoms. The quantitative estimate of drug-likeness (QED) is 0.905. The highest BCUT2D eigenvalue weighted by molar-refractivity contribution is 6.31. The molecule has 1 aromatic carbocycles. The van der Waals surface area contributed by atoms with Gasteiger partial charge in [0.15, 0.2) is 0 Å². The zero-order chi connectivity index (χ0) is 13.0. The van der Waals surface area contributed by atoms with Crippen LogP contribution in [0.3, 0.4) is 0 Å². The molecule has 0 radical (unpaired) electrons. The van der Waals surface area contributed by atoms with Crippen LogP contribution in [0, 0.1) is 5.82 Å². The molecule has 1 aromatic heterocycles. The second-order valence-electron chi connectivity index (χ2n) is 3.87. The van der Waals surface area contributed by atoms with E-state index in [9.17, 15) is 4.39 Å². The molecule has 0 spiro atoms. The van der Waals surface area contributed by atoms with Crippen molar-refractivity contribution in [2.24, 2.45) is 0 Å². The van der Waals surface area contributed by atoms with Gasteiger partial charge in [-0.25, -0.2) is 4.39 Å². The molecule has 0 aliphatic heterocycles. The molecular formula is C12H14ClFN4. The Kier molecular flexibility index (Phi) is 4.28. The number of benzene rings is 1. The van der Waals surface area contributed by atoms with Gasteiger partial charge in [0.25, 0.3) is 0 Å². The summed E-state index contributed by atoms with van der Waals surface area (Å²) in [5.74, 6) is 0.568. The second kappa shape index (κ2) is 5.93. The van der Waals surface area contributed by atoms with Gasteiger partial charge in [0, 0.05) is 18.1 Å². The lowest BCUT2D eigenvalue weighted by Crippen LogP contribution is -2.16. The Labute approximate surface area is 110 Å². The molecule has 96 valence electrons. The van der Waals surface area contributed by atoms with Gasteiger partial charge in [-0.2, -0.15) is 0 Å². The van der Waals surface area contributed by atoms with Crippen LogP contribution in [0.15, 0.2) is 24.5 Å². The average Bonchev–Trinajstić information content (AvgIpc) is 2.81. The fourth-order valence-corrected chi connectivity index (χ4v) is 1.85. The van der Waals surface area contributed by atoms with Crippen molar-refractivity contribution in [2.45, 2.75) is 26.6 Å². The molecule has 0 atom stereocenters. The lowest BCUT2D eigenvalue weighted by atomic mass is 10.2. The molecule has 2 aromatic rings. The van der Waals surface area contributed by atoms with E-state index in [1.54, 1.807) is 12.4 Å². The fourth-order valence-electron chi connectivity index (χ4n) is 1.67. The molecule has 0 amide bonds. The number of halogens is 2. The van der Waals surface area contributed by atoms with E-state index < -0.39 is 0 Å². The number of nitrogens with one attached hydrogen (secondary N) is 1. The van der Waals surface area contributed by atoms with Crippen LogP contribution >= 0.6 is 11.6 Å². The molecule has 0 bridgehead atoms. The van der Waals surface area contributed by atoms with Gasteiger partial charge < -0.3 is 9.88 Å². The highest BCUT2D eigenvalue weighted by atomic mass is 35.5. The topological polar surface area (TPSA) is 42.7 Å². The fraction of sp³-hybridized carbons (Fsp3) is 0.333. The second-order valence-corrected chi connectivity index (χ2v) is 4.28. The smallest absolute Gasteiger partial charge is 0.146 e. The summed E-state index contributed by atoms with van der Waals surface area (Å²) in [6, 6.07) is 4.34. The molecule has 0 fully saturated rings. The van der Waals surface area contributed by atoms with Gasteiger partial charge in [0.1, 0.15) is 18.0 Å². The first kappa shape index (κ1) is 13.0. The molecule has 4 nitrogen and oxygen atoms in total. The summed E-state index contributed by atoms with van der Waals surface area (Å²) in [4.78, 5) is 0. The molecule has 0 unspecified atom stereocenters. The number of aromatic nitrogens is 3. The summed E-state index contributed by atoms with van der Waals surface area (Å²) in [5, 5.41) is 11.6. The van der Waals surface area contributed by atoms with Gasteiger partial charge in [-0.15, -0.1) is 10.2 Å². The summed E-state index contributed by atoms with van der Waals surface area (Å²) < 4.78 is 15.0. The van der Waals surface area contributed by atoms with E-state index in [0.717, 1.165) is 17.9 Å². The molecule has 0 aliphatic rings. The predicted molar refractivity (Wildman–Crippen MR) is 67.6 cm³/mol. The Bertz CT molecular complexity index is 527. The first-order chi connectivity index (χ1) is 8.70. The SMILES string of the molecule is CCn1cnnc1CNCc1cc(F)ccc1Cl. The third kappa shape index (κ3) is 3.05. The third-order valence-electron chi connectivity index (χ3n) is 2.64. The van der Waals surface area contributed by atoms with Crippen LogP contribution in [0.2, 0.25) is 5.02 Å². The van der Waals surface area contributed by atoms with Gasteiger partial charge in [0.05, 0.1) is 6.54 Å². The standard InChI is InChI=1S/C12H14ClFN4/c1-2-18-8-16-17-12(18)7-15-6-9-5-10(14)3-4-11(9)13/h3-5,8,15H,2,6-7H2,1H3. The Hall–Kier alpha value is -1.46. The molecule has 1 heterocycles. The zero-order valence-electron chi connectivity index (χ0n) is 10.0. The number of hydrogen-bond acceptors (Lipinski definition) is 3. The molecule has 2 rings (SSSR count). The number of rotatable bonds is 5. The largest absolute Gasteiger partial charge is 0.317 e. The van der Waals surface area contributed by atoms with Gasteiger partial charge in [-0.1, -0.05) is 11.6 Å². The zero-order valence-corrected chi connectivity index (χ0v) is 10.8. The van der Waals surface area contributed by atoms with Crippen LogP contribution in [0.5, 0.6) is 0 Å². The monoisotopic (exact) mass is 268 g/mol. The van der Waals surface area contributed by atoms with Crippen LogP contribution in [0.4, 0.5) is 4.39 Å². The van der Waals surface area contributed by atoms with Crippen molar-refractivity contribution < 1.29 is 4.39 Å². The van der Waals surface area contributed by atoms with Crippen molar-refractivity contribution in [3.63, 3.8) is 0 Å². The van der Waals surface area contributed by atoms with Crippen LogP contribution in [-0.4, -0.2) is 14.8 Å². The summed E-state index contributed by atoms with van der Waals surface area (Å²) in [5.41, 5.74) is 0.735. The Morgan fingerprint density at radius 2 is 2.22 bits per heavy atom. The molecule has 0 saturated carbocycles. The Balaban J connectivity index is 1.94. The Morgan fingerprint density at radius 1 is 1.39 bits per heavy atom. The number of nitrogens with zero attached hydrogens (tertiary/aromatic N) is 3. The molecule has 0 aliphatic carbocycles. The summed E-state index contributed by atoms with van der Waals surface area (Å²) in [6.45, 7) is 3.91. The summed E-state index contributed by atoms with van der Waals surface area (Å²) in [6.07, 6.45) is 1.69.